The van der Waals surface area contributed by atoms with Crippen molar-refractivity contribution in [1.82, 2.24) is 29.5 Å². The summed E-state index contributed by atoms with van der Waals surface area (Å²) >= 11 is 0. The van der Waals surface area contributed by atoms with E-state index in [-0.39, 0.29) is 5.82 Å². The molecular formula is C35H47FN8O6. The van der Waals surface area contributed by atoms with Crippen molar-refractivity contribution in [2.75, 3.05) is 44.3 Å². The van der Waals surface area contributed by atoms with E-state index >= 15 is 0 Å². The normalized spacial score (nSPS) is 17.5. The summed E-state index contributed by atoms with van der Waals surface area (Å²) in [5.74, 6) is -2.26. The first kappa shape index (κ1) is 39.3. The summed E-state index contributed by atoms with van der Waals surface area (Å²) in [4.78, 5) is 41.0. The number of anilines is 2. The van der Waals surface area contributed by atoms with Crippen molar-refractivity contribution in [3.05, 3.63) is 66.2 Å². The molecular weight excluding hydrogens is 647 g/mol. The van der Waals surface area contributed by atoms with Crippen molar-refractivity contribution < 1.29 is 34.1 Å². The number of hydrogen-bond acceptors (Lipinski definition) is 10. The van der Waals surface area contributed by atoms with E-state index in [2.05, 4.69) is 36.8 Å². The summed E-state index contributed by atoms with van der Waals surface area (Å²) in [5.41, 5.74) is 10.5. The predicted molar refractivity (Wildman–Crippen MR) is 189 cm³/mol. The van der Waals surface area contributed by atoms with Gasteiger partial charge in [0.05, 0.1) is 11.4 Å². The van der Waals surface area contributed by atoms with Gasteiger partial charge in [-0.1, -0.05) is 30.3 Å². The lowest BCUT2D eigenvalue weighted by atomic mass is 9.90. The molecule has 1 aliphatic carbocycles. The van der Waals surface area contributed by atoms with E-state index in [1.165, 1.54) is 25.2 Å². The number of nitrogen functional groups attached to an aromatic ring is 1. The number of aliphatic carboxylic acids is 3. The number of nitrogens with one attached hydrogen (secondary N) is 1. The highest BCUT2D eigenvalue weighted by molar-refractivity contribution is 5.98. The largest absolute Gasteiger partial charge is 0.481 e. The molecule has 6 rings (SSSR count). The van der Waals surface area contributed by atoms with Crippen LogP contribution in [0.15, 0.2) is 54.9 Å². The van der Waals surface area contributed by atoms with Gasteiger partial charge in [0, 0.05) is 76.4 Å². The van der Waals surface area contributed by atoms with Gasteiger partial charge in [0.1, 0.15) is 23.7 Å². The number of hydrogen-bond donors (Lipinski definition) is 5. The molecule has 0 spiro atoms. The van der Waals surface area contributed by atoms with E-state index in [0.29, 0.717) is 30.0 Å². The number of aromatic nitrogens is 4. The van der Waals surface area contributed by atoms with Crippen molar-refractivity contribution >= 4 is 40.4 Å². The number of piperazine rings is 1. The van der Waals surface area contributed by atoms with E-state index in [1.807, 2.05) is 30.3 Å². The Morgan fingerprint density at radius 3 is 1.94 bits per heavy atom. The van der Waals surface area contributed by atoms with Crippen molar-refractivity contribution in [2.24, 2.45) is 0 Å². The van der Waals surface area contributed by atoms with Crippen LogP contribution in [0.5, 0.6) is 0 Å². The van der Waals surface area contributed by atoms with Crippen molar-refractivity contribution in [1.29, 1.82) is 0 Å². The van der Waals surface area contributed by atoms with Gasteiger partial charge in [0.2, 0.25) is 0 Å². The summed E-state index contributed by atoms with van der Waals surface area (Å²) in [5, 5.41) is 31.4. The molecule has 0 radical (unpaired) electrons. The number of carboxylic acid groups (broad SMARTS) is 3. The number of carbonyl (C=O) groups is 3. The summed E-state index contributed by atoms with van der Waals surface area (Å²) < 4.78 is 16.1. The van der Waals surface area contributed by atoms with Crippen LogP contribution in [-0.4, -0.2) is 102 Å². The molecule has 6 N–H and O–H groups in total. The van der Waals surface area contributed by atoms with Crippen LogP contribution in [0.2, 0.25) is 0 Å². The molecule has 270 valence electrons. The molecule has 15 heteroatoms. The second kappa shape index (κ2) is 19.1. The molecule has 50 heavy (non-hydrogen) atoms. The zero-order valence-corrected chi connectivity index (χ0v) is 28.9. The van der Waals surface area contributed by atoms with Crippen LogP contribution in [0.1, 0.15) is 58.1 Å². The number of rotatable bonds is 6. The Morgan fingerprint density at radius 2 is 1.38 bits per heavy atom. The van der Waals surface area contributed by atoms with Crippen molar-refractivity contribution in [3.8, 4) is 11.3 Å². The molecule has 2 aliphatic rings. The second-order valence-corrected chi connectivity index (χ2v) is 12.1. The fourth-order valence-corrected chi connectivity index (χ4v) is 5.89. The Bertz CT molecular complexity index is 1660. The van der Waals surface area contributed by atoms with Crippen LogP contribution in [0.4, 0.5) is 15.9 Å². The van der Waals surface area contributed by atoms with E-state index in [9.17, 15) is 4.39 Å². The highest BCUT2D eigenvalue weighted by Crippen LogP contribution is 2.37. The Morgan fingerprint density at radius 1 is 0.840 bits per heavy atom. The minimum absolute atomic E-state index is 0.207. The smallest absolute Gasteiger partial charge is 0.300 e. The molecule has 14 nitrogen and oxygen atoms in total. The van der Waals surface area contributed by atoms with Gasteiger partial charge in [-0.15, -0.1) is 0 Å². The predicted octanol–water partition coefficient (Wildman–Crippen LogP) is 4.83. The summed E-state index contributed by atoms with van der Waals surface area (Å²) in [6, 6.07) is 15.8. The van der Waals surface area contributed by atoms with Crippen LogP contribution in [0.25, 0.3) is 22.3 Å². The molecule has 1 saturated carbocycles. The number of benzene rings is 2. The lowest BCUT2D eigenvalue weighted by Crippen LogP contribution is -2.49. The van der Waals surface area contributed by atoms with Gasteiger partial charge in [0.25, 0.3) is 17.9 Å². The molecule has 0 amide bonds. The summed E-state index contributed by atoms with van der Waals surface area (Å²) in [6.07, 6.45) is 6.04. The Hall–Kier alpha value is -5.15. The fourth-order valence-electron chi connectivity index (χ4n) is 5.89. The molecule has 4 aromatic rings. The molecule has 1 aliphatic heterocycles. The number of nitrogens with zero attached hydrogens (tertiary/aromatic N) is 6. The molecule has 3 heterocycles. The lowest BCUT2D eigenvalue weighted by molar-refractivity contribution is -0.135. The van der Waals surface area contributed by atoms with Crippen LogP contribution >= 0.6 is 0 Å². The molecule has 0 unspecified atom stereocenters. The summed E-state index contributed by atoms with van der Waals surface area (Å²) in [6.45, 7) is 8.30. The molecule has 2 aromatic heterocycles. The van der Waals surface area contributed by atoms with E-state index in [4.69, 9.17) is 40.5 Å². The maximum atomic E-state index is 14.0. The van der Waals surface area contributed by atoms with Gasteiger partial charge < -0.3 is 31.3 Å². The number of nitrogens with two attached hydrogens (primary N) is 1. The number of halogens is 1. The van der Waals surface area contributed by atoms with Gasteiger partial charge in [-0.25, -0.2) is 19.0 Å². The van der Waals surface area contributed by atoms with Crippen LogP contribution < -0.4 is 11.1 Å². The molecule has 2 fully saturated rings. The van der Waals surface area contributed by atoms with E-state index in [0.717, 1.165) is 87.8 Å². The van der Waals surface area contributed by atoms with Gasteiger partial charge >= 0.3 is 0 Å². The summed E-state index contributed by atoms with van der Waals surface area (Å²) in [7, 11) is 2.21. The Kier molecular flexibility index (Phi) is 15.0. The number of carboxylic acids is 3. The van der Waals surface area contributed by atoms with Crippen LogP contribution in [0, 0.1) is 5.82 Å². The maximum absolute atomic E-state index is 14.0. The van der Waals surface area contributed by atoms with Crippen LogP contribution in [-0.2, 0) is 20.9 Å². The highest BCUT2D eigenvalue weighted by Gasteiger charge is 2.30. The number of fused-ring (bicyclic) bond motifs is 1. The SMILES string of the molecule is CC(=O)O.CC(=O)O.CC(=O)O.CN1CCN([C@H]2CC[C@@H](n3nc(-c4ccc(NCc5ccccc5F)cc4)c4c(N)ncnc43)CC2)CC1. The van der Waals surface area contributed by atoms with E-state index in [1.54, 1.807) is 12.1 Å². The first-order chi connectivity index (χ1) is 23.8. The Balaban J connectivity index is 0.000000491. The average Bonchev–Trinajstić information content (AvgIpc) is 3.45. The molecule has 0 atom stereocenters. The number of likely N-dealkylation sites (N-methyl/N-ethyl adjacent to an activating group) is 1. The maximum Gasteiger partial charge on any atom is 0.300 e. The third-order valence-corrected chi connectivity index (χ3v) is 8.18. The highest BCUT2D eigenvalue weighted by atomic mass is 19.1. The van der Waals surface area contributed by atoms with Crippen LogP contribution in [0.3, 0.4) is 0 Å². The fraction of sp³-hybridized carbons (Fsp3) is 0.429. The monoisotopic (exact) mass is 694 g/mol. The zero-order valence-electron chi connectivity index (χ0n) is 28.9. The zero-order chi connectivity index (χ0) is 36.8. The minimum atomic E-state index is -0.833. The lowest BCUT2D eigenvalue weighted by Gasteiger charge is -2.41. The average molecular weight is 695 g/mol. The third kappa shape index (κ3) is 12.1. The molecule has 2 aromatic carbocycles. The van der Waals surface area contributed by atoms with Gasteiger partial charge in [-0.2, -0.15) is 5.10 Å². The molecule has 1 saturated heterocycles. The standard InChI is InChI=1S/C29H35FN8.3C2H4O2/c1-36-14-16-37(17-15-36)23-10-12-24(13-11-23)38-29-26(28(31)33-19-34-29)27(35-38)20-6-8-22(9-7-20)32-18-21-4-2-3-5-25(21)30;3*1-2(3)4/h2-9,19,23-24,32H,10-18H2,1H3,(H2,31,33,34);3*1H3,(H,3,4)/t23-,24+;;;. The third-order valence-electron chi connectivity index (χ3n) is 8.18. The Labute approximate surface area is 290 Å². The second-order valence-electron chi connectivity index (χ2n) is 12.1. The van der Waals surface area contributed by atoms with E-state index < -0.39 is 17.9 Å². The van der Waals surface area contributed by atoms with Gasteiger partial charge in [0.15, 0.2) is 5.65 Å². The quantitative estimate of drug-likeness (QED) is 0.184. The first-order valence-electron chi connectivity index (χ1n) is 16.3. The topological polar surface area (TPSA) is 200 Å². The van der Waals surface area contributed by atoms with Crippen molar-refractivity contribution in [2.45, 2.75) is 65.1 Å². The van der Waals surface area contributed by atoms with Gasteiger partial charge in [-0.3, -0.25) is 19.3 Å². The first-order valence-corrected chi connectivity index (χ1v) is 16.3. The van der Waals surface area contributed by atoms with Gasteiger partial charge in [-0.05, 0) is 50.9 Å². The minimum Gasteiger partial charge on any atom is -0.481 e. The van der Waals surface area contributed by atoms with Crippen molar-refractivity contribution in [3.63, 3.8) is 0 Å². The molecule has 0 bridgehead atoms.